The van der Waals surface area contributed by atoms with Crippen molar-refractivity contribution < 1.29 is 18.0 Å². The van der Waals surface area contributed by atoms with E-state index in [1.54, 1.807) is 6.92 Å². The summed E-state index contributed by atoms with van der Waals surface area (Å²) < 4.78 is 40.1. The monoisotopic (exact) mass is 295 g/mol. The molecule has 1 aromatic carbocycles. The van der Waals surface area contributed by atoms with Crippen LogP contribution < -0.4 is 10.6 Å². The van der Waals surface area contributed by atoms with Crippen molar-refractivity contribution in [3.8, 4) is 0 Å². The Morgan fingerprint density at radius 1 is 1.19 bits per heavy atom. The minimum Gasteiger partial charge on any atom is -0.368 e. The van der Waals surface area contributed by atoms with Gasteiger partial charge < -0.3 is 10.6 Å². The zero-order valence-electron chi connectivity index (χ0n) is 11.1. The Labute approximate surface area is 119 Å². The SMILES string of the molecule is CCNc1nccc(C(=O)Nc2cc(F)cc(F)c2)c1F. The molecule has 2 aromatic rings. The molecule has 0 fully saturated rings. The van der Waals surface area contributed by atoms with Gasteiger partial charge in [0, 0.05) is 24.5 Å². The summed E-state index contributed by atoms with van der Waals surface area (Å²) in [4.78, 5) is 15.7. The first-order valence-electron chi connectivity index (χ1n) is 6.17. The molecule has 0 saturated carbocycles. The molecule has 110 valence electrons. The Balaban J connectivity index is 2.26. The molecule has 1 heterocycles. The highest BCUT2D eigenvalue weighted by Gasteiger charge is 2.16. The van der Waals surface area contributed by atoms with E-state index in [4.69, 9.17) is 0 Å². The highest BCUT2D eigenvalue weighted by Crippen LogP contribution is 2.18. The maximum absolute atomic E-state index is 14.0. The lowest BCUT2D eigenvalue weighted by Crippen LogP contribution is -2.16. The number of pyridine rings is 1. The fourth-order valence-electron chi connectivity index (χ4n) is 1.73. The van der Waals surface area contributed by atoms with Crippen LogP contribution in [0, 0.1) is 17.5 Å². The van der Waals surface area contributed by atoms with Crippen LogP contribution >= 0.6 is 0 Å². The summed E-state index contributed by atoms with van der Waals surface area (Å²) in [7, 11) is 0. The van der Waals surface area contributed by atoms with Crippen LogP contribution in [0.2, 0.25) is 0 Å². The normalized spacial score (nSPS) is 10.3. The number of carbonyl (C=O) groups is 1. The molecule has 21 heavy (non-hydrogen) atoms. The van der Waals surface area contributed by atoms with Crippen molar-refractivity contribution in [3.05, 3.63) is 53.5 Å². The molecule has 2 N–H and O–H groups in total. The quantitative estimate of drug-likeness (QED) is 0.911. The van der Waals surface area contributed by atoms with Gasteiger partial charge in [0.25, 0.3) is 5.91 Å². The lowest BCUT2D eigenvalue weighted by atomic mass is 10.2. The van der Waals surface area contributed by atoms with Gasteiger partial charge in [-0.25, -0.2) is 18.2 Å². The van der Waals surface area contributed by atoms with E-state index in [0.29, 0.717) is 12.6 Å². The number of benzene rings is 1. The molecule has 0 aliphatic carbocycles. The predicted molar refractivity (Wildman–Crippen MR) is 72.7 cm³/mol. The average Bonchev–Trinajstić information content (AvgIpc) is 2.40. The van der Waals surface area contributed by atoms with Crippen LogP contribution in [0.15, 0.2) is 30.5 Å². The summed E-state index contributed by atoms with van der Waals surface area (Å²) in [6.07, 6.45) is 1.27. The summed E-state index contributed by atoms with van der Waals surface area (Å²) in [6, 6.07) is 3.73. The number of halogens is 3. The van der Waals surface area contributed by atoms with Crippen molar-refractivity contribution in [2.24, 2.45) is 0 Å². The maximum atomic E-state index is 14.0. The van der Waals surface area contributed by atoms with Gasteiger partial charge in [-0.05, 0) is 25.1 Å². The second-order valence-electron chi connectivity index (χ2n) is 4.16. The van der Waals surface area contributed by atoms with Crippen molar-refractivity contribution in [1.29, 1.82) is 0 Å². The first-order valence-corrected chi connectivity index (χ1v) is 6.17. The number of anilines is 2. The minimum absolute atomic E-state index is 0.0597. The van der Waals surface area contributed by atoms with Crippen LogP contribution in [0.25, 0.3) is 0 Å². The standard InChI is InChI=1S/C14H12F3N3O/c1-2-18-13-12(17)11(3-4-19-13)14(21)20-10-6-8(15)5-9(16)7-10/h3-7H,2H2,1H3,(H,18,19)(H,20,21). The third-order valence-electron chi connectivity index (χ3n) is 2.60. The second-order valence-corrected chi connectivity index (χ2v) is 4.16. The van der Waals surface area contributed by atoms with Gasteiger partial charge in [-0.3, -0.25) is 4.79 Å². The largest absolute Gasteiger partial charge is 0.368 e. The highest BCUT2D eigenvalue weighted by molar-refractivity contribution is 6.04. The predicted octanol–water partition coefficient (Wildman–Crippen LogP) is 3.18. The van der Waals surface area contributed by atoms with E-state index < -0.39 is 23.4 Å². The van der Waals surface area contributed by atoms with Crippen molar-refractivity contribution in [1.82, 2.24) is 4.98 Å². The maximum Gasteiger partial charge on any atom is 0.258 e. The lowest BCUT2D eigenvalue weighted by Gasteiger charge is -2.09. The first kappa shape index (κ1) is 14.8. The van der Waals surface area contributed by atoms with Crippen LogP contribution in [0.4, 0.5) is 24.7 Å². The van der Waals surface area contributed by atoms with Gasteiger partial charge in [0.15, 0.2) is 11.6 Å². The van der Waals surface area contributed by atoms with E-state index in [2.05, 4.69) is 15.6 Å². The molecule has 0 aliphatic heterocycles. The van der Waals surface area contributed by atoms with Gasteiger partial charge in [0.05, 0.1) is 5.56 Å². The number of hydrogen-bond acceptors (Lipinski definition) is 3. The molecule has 0 aliphatic rings. The fourth-order valence-corrected chi connectivity index (χ4v) is 1.73. The minimum atomic E-state index is -0.839. The summed E-state index contributed by atoms with van der Waals surface area (Å²) in [5.41, 5.74) is -0.371. The lowest BCUT2D eigenvalue weighted by molar-refractivity contribution is 0.102. The van der Waals surface area contributed by atoms with E-state index in [1.807, 2.05) is 0 Å². The molecule has 0 bridgehead atoms. The second kappa shape index (κ2) is 6.25. The Bertz CT molecular complexity index is 656. The van der Waals surface area contributed by atoms with Crippen molar-refractivity contribution >= 4 is 17.4 Å². The summed E-state index contributed by atoms with van der Waals surface area (Å²) in [5.74, 6) is -3.38. The highest BCUT2D eigenvalue weighted by atomic mass is 19.1. The van der Waals surface area contributed by atoms with Gasteiger partial charge >= 0.3 is 0 Å². The van der Waals surface area contributed by atoms with Crippen LogP contribution in [0.5, 0.6) is 0 Å². The molecule has 0 unspecified atom stereocenters. The van der Waals surface area contributed by atoms with Crippen molar-refractivity contribution in [3.63, 3.8) is 0 Å². The number of rotatable bonds is 4. The number of carbonyl (C=O) groups excluding carboxylic acids is 1. The number of amides is 1. The zero-order chi connectivity index (χ0) is 15.4. The summed E-state index contributed by atoms with van der Waals surface area (Å²) >= 11 is 0. The molecular formula is C14H12F3N3O. The number of hydrogen-bond donors (Lipinski definition) is 2. The molecule has 4 nitrogen and oxygen atoms in total. The van der Waals surface area contributed by atoms with Crippen LogP contribution in [-0.2, 0) is 0 Å². The van der Waals surface area contributed by atoms with Crippen LogP contribution in [0.3, 0.4) is 0 Å². The zero-order valence-corrected chi connectivity index (χ0v) is 11.1. The van der Waals surface area contributed by atoms with Crippen molar-refractivity contribution in [2.45, 2.75) is 6.92 Å². The Morgan fingerprint density at radius 2 is 1.86 bits per heavy atom. The average molecular weight is 295 g/mol. The van der Waals surface area contributed by atoms with Crippen LogP contribution in [0.1, 0.15) is 17.3 Å². The fraction of sp³-hybridized carbons (Fsp3) is 0.143. The number of aromatic nitrogens is 1. The third kappa shape index (κ3) is 3.50. The third-order valence-corrected chi connectivity index (χ3v) is 2.60. The molecule has 1 amide bonds. The Hall–Kier alpha value is -2.57. The van der Waals surface area contributed by atoms with E-state index >= 15 is 0 Å². The van der Waals surface area contributed by atoms with Gasteiger partial charge in [-0.1, -0.05) is 0 Å². The van der Waals surface area contributed by atoms with E-state index in [9.17, 15) is 18.0 Å². The van der Waals surface area contributed by atoms with Gasteiger partial charge in [0.2, 0.25) is 0 Å². The van der Waals surface area contributed by atoms with Crippen molar-refractivity contribution in [2.75, 3.05) is 17.2 Å². The first-order chi connectivity index (χ1) is 10.0. The number of nitrogens with zero attached hydrogens (tertiary/aromatic N) is 1. The molecule has 0 spiro atoms. The summed E-state index contributed by atoms with van der Waals surface area (Å²) in [6.45, 7) is 2.19. The number of nitrogens with one attached hydrogen (secondary N) is 2. The molecule has 0 saturated heterocycles. The van der Waals surface area contributed by atoms with E-state index in [1.165, 1.54) is 12.3 Å². The molecule has 2 rings (SSSR count). The van der Waals surface area contributed by atoms with Gasteiger partial charge in [0.1, 0.15) is 11.6 Å². The topological polar surface area (TPSA) is 54.0 Å². The van der Waals surface area contributed by atoms with E-state index in [-0.39, 0.29) is 17.1 Å². The van der Waals surface area contributed by atoms with Gasteiger partial charge in [-0.2, -0.15) is 0 Å². The Morgan fingerprint density at radius 3 is 2.48 bits per heavy atom. The Kier molecular flexibility index (Phi) is 4.42. The van der Waals surface area contributed by atoms with Gasteiger partial charge in [-0.15, -0.1) is 0 Å². The summed E-state index contributed by atoms with van der Waals surface area (Å²) in [5, 5.41) is 4.90. The molecule has 7 heteroatoms. The van der Waals surface area contributed by atoms with E-state index in [0.717, 1.165) is 12.1 Å². The van der Waals surface area contributed by atoms with Crippen LogP contribution in [-0.4, -0.2) is 17.4 Å². The smallest absolute Gasteiger partial charge is 0.258 e. The molecular weight excluding hydrogens is 283 g/mol. The molecule has 1 aromatic heterocycles. The molecule has 0 atom stereocenters. The molecule has 0 radical (unpaired) electrons.